The SMILES string of the molecule is COCc1nccc(N(OCc2ccccc2)C2(C(C)(C)C)CCCCC2)c1Br. The first-order chi connectivity index (χ1) is 13.9. The van der Waals surface area contributed by atoms with E-state index in [1.165, 1.54) is 24.8 Å². The van der Waals surface area contributed by atoms with E-state index in [9.17, 15) is 0 Å². The molecule has 0 aliphatic heterocycles. The van der Waals surface area contributed by atoms with Crippen molar-refractivity contribution < 1.29 is 9.57 Å². The number of hydroxylamine groups is 1. The predicted molar refractivity (Wildman–Crippen MR) is 122 cm³/mol. The van der Waals surface area contributed by atoms with E-state index in [2.05, 4.69) is 77.1 Å². The van der Waals surface area contributed by atoms with Gasteiger partial charge in [0.15, 0.2) is 0 Å². The molecular formula is C24H33BrN2O2. The Balaban J connectivity index is 2.05. The van der Waals surface area contributed by atoms with Crippen LogP contribution in [0, 0.1) is 5.41 Å². The van der Waals surface area contributed by atoms with Crippen LogP contribution in [0.2, 0.25) is 0 Å². The first kappa shape index (κ1) is 22.3. The van der Waals surface area contributed by atoms with Crippen molar-refractivity contribution in [1.82, 2.24) is 4.98 Å². The third kappa shape index (κ3) is 4.84. The number of anilines is 1. The number of benzene rings is 1. The Morgan fingerprint density at radius 1 is 1.03 bits per heavy atom. The lowest BCUT2D eigenvalue weighted by molar-refractivity contribution is -0.0265. The van der Waals surface area contributed by atoms with E-state index in [0.29, 0.717) is 13.2 Å². The van der Waals surface area contributed by atoms with E-state index in [-0.39, 0.29) is 11.0 Å². The Labute approximate surface area is 183 Å². The van der Waals surface area contributed by atoms with Crippen molar-refractivity contribution >= 4 is 21.6 Å². The average molecular weight is 461 g/mol. The molecule has 1 fully saturated rings. The zero-order valence-corrected chi connectivity index (χ0v) is 19.7. The maximum absolute atomic E-state index is 6.63. The lowest BCUT2D eigenvalue weighted by atomic mass is 9.65. The fourth-order valence-corrected chi connectivity index (χ4v) is 4.91. The first-order valence-electron chi connectivity index (χ1n) is 10.5. The second-order valence-corrected chi connectivity index (χ2v) is 9.71. The molecule has 2 aromatic rings. The molecule has 1 aliphatic carbocycles. The van der Waals surface area contributed by atoms with Gasteiger partial charge in [-0.1, -0.05) is 70.4 Å². The third-order valence-electron chi connectivity index (χ3n) is 6.11. The fraction of sp³-hybridized carbons (Fsp3) is 0.542. The van der Waals surface area contributed by atoms with Crippen LogP contribution in [-0.2, 0) is 22.8 Å². The summed E-state index contributed by atoms with van der Waals surface area (Å²) >= 11 is 3.80. The van der Waals surface area contributed by atoms with Crippen LogP contribution in [0.5, 0.6) is 0 Å². The molecule has 0 N–H and O–H groups in total. The molecule has 1 saturated carbocycles. The molecule has 0 atom stereocenters. The largest absolute Gasteiger partial charge is 0.378 e. The predicted octanol–water partition coefficient (Wildman–Crippen LogP) is 6.68. The maximum atomic E-state index is 6.63. The summed E-state index contributed by atoms with van der Waals surface area (Å²) in [6, 6.07) is 12.4. The summed E-state index contributed by atoms with van der Waals surface area (Å²) in [4.78, 5) is 11.1. The molecule has 1 aromatic heterocycles. The molecule has 1 aliphatic rings. The molecule has 29 heavy (non-hydrogen) atoms. The van der Waals surface area contributed by atoms with E-state index >= 15 is 0 Å². The molecule has 0 bridgehead atoms. The molecule has 4 nitrogen and oxygen atoms in total. The van der Waals surface area contributed by atoms with Gasteiger partial charge in [0.05, 0.1) is 34.6 Å². The van der Waals surface area contributed by atoms with Crippen molar-refractivity contribution in [2.75, 3.05) is 12.2 Å². The smallest absolute Gasteiger partial charge is 0.0999 e. The Morgan fingerprint density at radius 2 is 1.72 bits per heavy atom. The number of aromatic nitrogens is 1. The third-order valence-corrected chi connectivity index (χ3v) is 6.97. The van der Waals surface area contributed by atoms with Gasteiger partial charge < -0.3 is 4.74 Å². The number of rotatable bonds is 7. The second-order valence-electron chi connectivity index (χ2n) is 8.92. The van der Waals surface area contributed by atoms with Crippen LogP contribution in [0.4, 0.5) is 5.69 Å². The van der Waals surface area contributed by atoms with Crippen LogP contribution < -0.4 is 5.06 Å². The Morgan fingerprint density at radius 3 is 2.34 bits per heavy atom. The van der Waals surface area contributed by atoms with Gasteiger partial charge in [-0.3, -0.25) is 9.82 Å². The Bertz CT molecular complexity index is 783. The highest BCUT2D eigenvalue weighted by Gasteiger charge is 2.49. The molecule has 5 heteroatoms. The second kappa shape index (κ2) is 9.59. The average Bonchev–Trinajstić information content (AvgIpc) is 2.71. The molecule has 0 saturated heterocycles. The standard InChI is InChI=1S/C24H33BrN2O2/c1-23(2,3)24(14-9-6-10-15-24)27(29-17-19-11-7-5-8-12-19)21-13-16-26-20(18-28-4)22(21)25/h5,7-8,11-13,16H,6,9-10,14-15,17-18H2,1-4H3. The van der Waals surface area contributed by atoms with Gasteiger partial charge in [-0.15, -0.1) is 0 Å². The molecule has 1 aromatic carbocycles. The lowest BCUT2D eigenvalue weighted by Gasteiger charge is -2.54. The minimum Gasteiger partial charge on any atom is -0.378 e. The van der Waals surface area contributed by atoms with Crippen LogP contribution >= 0.6 is 15.9 Å². The summed E-state index contributed by atoms with van der Waals surface area (Å²) in [7, 11) is 1.70. The lowest BCUT2D eigenvalue weighted by Crippen LogP contribution is -2.58. The van der Waals surface area contributed by atoms with Crippen LogP contribution in [0.15, 0.2) is 47.1 Å². The van der Waals surface area contributed by atoms with Crippen LogP contribution in [0.25, 0.3) is 0 Å². The molecular weight excluding hydrogens is 428 g/mol. The quantitative estimate of drug-likeness (QED) is 0.431. The molecule has 0 spiro atoms. The number of methoxy groups -OCH3 is 1. The summed E-state index contributed by atoms with van der Waals surface area (Å²) in [6.07, 6.45) is 7.80. The molecule has 3 rings (SSSR count). The minimum absolute atomic E-state index is 0.0498. The zero-order valence-electron chi connectivity index (χ0n) is 18.1. The first-order valence-corrected chi connectivity index (χ1v) is 11.3. The summed E-state index contributed by atoms with van der Waals surface area (Å²) in [5.74, 6) is 0. The fourth-order valence-electron chi connectivity index (χ4n) is 4.40. The van der Waals surface area contributed by atoms with Crippen molar-refractivity contribution in [2.24, 2.45) is 5.41 Å². The van der Waals surface area contributed by atoms with Gasteiger partial charge in [0.25, 0.3) is 0 Å². The van der Waals surface area contributed by atoms with Gasteiger partial charge in [0.2, 0.25) is 0 Å². The van der Waals surface area contributed by atoms with Gasteiger partial charge in [0.1, 0.15) is 0 Å². The summed E-state index contributed by atoms with van der Waals surface area (Å²) < 4.78 is 6.31. The topological polar surface area (TPSA) is 34.6 Å². The van der Waals surface area contributed by atoms with Gasteiger partial charge in [0, 0.05) is 13.3 Å². The number of halogens is 1. The molecule has 0 unspecified atom stereocenters. The number of ether oxygens (including phenoxy) is 1. The van der Waals surface area contributed by atoms with Crippen molar-refractivity contribution in [1.29, 1.82) is 0 Å². The van der Waals surface area contributed by atoms with Gasteiger partial charge in [-0.2, -0.15) is 0 Å². The van der Waals surface area contributed by atoms with E-state index in [0.717, 1.165) is 28.7 Å². The number of nitrogens with zero attached hydrogens (tertiary/aromatic N) is 2. The summed E-state index contributed by atoms with van der Waals surface area (Å²) in [5, 5.41) is 2.20. The van der Waals surface area contributed by atoms with E-state index in [4.69, 9.17) is 9.57 Å². The highest BCUT2D eigenvalue weighted by atomic mass is 79.9. The van der Waals surface area contributed by atoms with E-state index in [1.54, 1.807) is 7.11 Å². The highest BCUT2D eigenvalue weighted by Crippen LogP contribution is 2.49. The maximum Gasteiger partial charge on any atom is 0.0999 e. The van der Waals surface area contributed by atoms with E-state index in [1.807, 2.05) is 12.3 Å². The minimum atomic E-state index is -0.0890. The van der Waals surface area contributed by atoms with Gasteiger partial charge in [-0.05, 0) is 45.8 Å². The number of pyridine rings is 1. The van der Waals surface area contributed by atoms with Crippen LogP contribution in [0.3, 0.4) is 0 Å². The highest BCUT2D eigenvalue weighted by molar-refractivity contribution is 9.10. The van der Waals surface area contributed by atoms with Crippen molar-refractivity contribution in [3.05, 3.63) is 58.3 Å². The summed E-state index contributed by atoms with van der Waals surface area (Å²) in [5.41, 5.74) is 3.04. The normalized spacial score (nSPS) is 16.6. The van der Waals surface area contributed by atoms with Crippen LogP contribution in [-0.4, -0.2) is 17.6 Å². The number of hydrogen-bond donors (Lipinski definition) is 0. The van der Waals surface area contributed by atoms with Gasteiger partial charge >= 0.3 is 0 Å². The Kier molecular flexibility index (Phi) is 7.36. The summed E-state index contributed by atoms with van der Waals surface area (Å²) in [6.45, 7) is 8.00. The Hall–Kier alpha value is -1.43. The van der Waals surface area contributed by atoms with E-state index < -0.39 is 0 Å². The van der Waals surface area contributed by atoms with Crippen molar-refractivity contribution in [3.8, 4) is 0 Å². The zero-order chi connectivity index (χ0) is 20.9. The van der Waals surface area contributed by atoms with Gasteiger partial charge in [-0.25, -0.2) is 5.06 Å². The molecule has 158 valence electrons. The number of hydrogen-bond acceptors (Lipinski definition) is 4. The van der Waals surface area contributed by atoms with Crippen molar-refractivity contribution in [3.63, 3.8) is 0 Å². The molecule has 1 heterocycles. The van der Waals surface area contributed by atoms with Crippen molar-refractivity contribution in [2.45, 2.75) is 71.6 Å². The van der Waals surface area contributed by atoms with Crippen LogP contribution in [0.1, 0.15) is 64.1 Å². The monoisotopic (exact) mass is 460 g/mol. The molecule has 0 amide bonds. The molecule has 0 radical (unpaired) electrons.